The lowest BCUT2D eigenvalue weighted by Crippen LogP contribution is -2.13. The lowest BCUT2D eigenvalue weighted by molar-refractivity contribution is 0.102. The molecule has 4 aromatic rings. The van der Waals surface area contributed by atoms with E-state index >= 15 is 0 Å². The van der Waals surface area contributed by atoms with Crippen LogP contribution in [0.4, 0.5) is 5.69 Å². The normalized spacial score (nSPS) is 10.9. The van der Waals surface area contributed by atoms with E-state index in [-0.39, 0.29) is 5.91 Å². The quantitative estimate of drug-likeness (QED) is 0.431. The van der Waals surface area contributed by atoms with Gasteiger partial charge in [-0.25, -0.2) is 4.98 Å². The molecule has 4 rings (SSSR count). The van der Waals surface area contributed by atoms with Crippen LogP contribution in [-0.2, 0) is 0 Å². The van der Waals surface area contributed by atoms with E-state index in [9.17, 15) is 4.79 Å². The van der Waals surface area contributed by atoms with Crippen LogP contribution in [0.15, 0.2) is 63.7 Å². The van der Waals surface area contributed by atoms with Gasteiger partial charge in [-0.3, -0.25) is 9.78 Å². The number of halogens is 2. The summed E-state index contributed by atoms with van der Waals surface area (Å²) < 4.78 is 6.59. The van der Waals surface area contributed by atoms with Crippen LogP contribution in [0.25, 0.3) is 22.6 Å². The van der Waals surface area contributed by atoms with Gasteiger partial charge in [0.1, 0.15) is 5.52 Å². The van der Waals surface area contributed by atoms with E-state index in [4.69, 9.17) is 16.0 Å². The van der Waals surface area contributed by atoms with Crippen molar-refractivity contribution >= 4 is 50.2 Å². The topological polar surface area (TPSA) is 68.0 Å². The Labute approximate surface area is 168 Å². The number of hydrogen-bond donors (Lipinski definition) is 1. The number of carbonyl (C=O) groups excluding carboxylic acids is 1. The lowest BCUT2D eigenvalue weighted by Gasteiger charge is -2.11. The van der Waals surface area contributed by atoms with E-state index in [1.165, 1.54) is 6.20 Å². The number of benzene rings is 2. The fourth-order valence-corrected chi connectivity index (χ4v) is 3.28. The van der Waals surface area contributed by atoms with Crippen molar-refractivity contribution < 1.29 is 9.21 Å². The molecule has 0 atom stereocenters. The molecule has 27 heavy (non-hydrogen) atoms. The van der Waals surface area contributed by atoms with Crippen molar-refractivity contribution in [3.63, 3.8) is 0 Å². The third-order valence-corrected chi connectivity index (χ3v) is 4.80. The van der Waals surface area contributed by atoms with Gasteiger partial charge in [0.15, 0.2) is 5.58 Å². The average molecular weight is 443 g/mol. The van der Waals surface area contributed by atoms with Gasteiger partial charge >= 0.3 is 0 Å². The number of rotatable bonds is 3. The number of carbonyl (C=O) groups is 1. The van der Waals surface area contributed by atoms with E-state index < -0.39 is 0 Å². The van der Waals surface area contributed by atoms with Gasteiger partial charge in [-0.05, 0) is 64.8 Å². The van der Waals surface area contributed by atoms with Crippen LogP contribution in [0.2, 0.25) is 5.02 Å². The van der Waals surface area contributed by atoms with Crippen molar-refractivity contribution in [1.82, 2.24) is 9.97 Å². The van der Waals surface area contributed by atoms with Gasteiger partial charge in [-0.15, -0.1) is 0 Å². The molecule has 7 heteroatoms. The number of fused-ring (bicyclic) bond motifs is 1. The highest BCUT2D eigenvalue weighted by Gasteiger charge is 2.15. The molecule has 0 radical (unpaired) electrons. The minimum atomic E-state index is -0.242. The maximum absolute atomic E-state index is 12.5. The van der Waals surface area contributed by atoms with Crippen LogP contribution in [0, 0.1) is 6.92 Å². The first-order chi connectivity index (χ1) is 13.0. The summed E-state index contributed by atoms with van der Waals surface area (Å²) in [7, 11) is 0. The predicted octanol–water partition coefficient (Wildman–Crippen LogP) is 5.87. The average Bonchev–Trinajstić information content (AvgIpc) is 3.06. The monoisotopic (exact) mass is 441 g/mol. The van der Waals surface area contributed by atoms with Crippen molar-refractivity contribution in [3.05, 3.63) is 75.5 Å². The molecule has 0 spiro atoms. The summed E-state index contributed by atoms with van der Waals surface area (Å²) in [6, 6.07) is 12.6. The van der Waals surface area contributed by atoms with Gasteiger partial charge in [0.05, 0.1) is 5.56 Å². The summed E-state index contributed by atoms with van der Waals surface area (Å²) in [5.41, 5.74) is 4.14. The van der Waals surface area contributed by atoms with E-state index in [1.807, 2.05) is 25.1 Å². The molecule has 0 saturated carbocycles. The van der Waals surface area contributed by atoms with Crippen molar-refractivity contribution in [1.29, 1.82) is 0 Å². The summed E-state index contributed by atoms with van der Waals surface area (Å²) in [5.74, 6) is 0.235. The van der Waals surface area contributed by atoms with Crippen molar-refractivity contribution in [2.24, 2.45) is 0 Å². The summed E-state index contributed by atoms with van der Waals surface area (Å²) in [4.78, 5) is 21.1. The van der Waals surface area contributed by atoms with Crippen LogP contribution in [0.1, 0.15) is 15.9 Å². The molecule has 0 bridgehead atoms. The van der Waals surface area contributed by atoms with E-state index in [2.05, 4.69) is 31.2 Å². The Bertz CT molecular complexity index is 1170. The van der Waals surface area contributed by atoms with Crippen LogP contribution in [0.3, 0.4) is 0 Å². The number of aromatic nitrogens is 2. The number of anilines is 1. The minimum Gasteiger partial charge on any atom is -0.436 e. The first-order valence-corrected chi connectivity index (χ1v) is 9.26. The lowest BCUT2D eigenvalue weighted by atomic mass is 10.1. The first kappa shape index (κ1) is 17.7. The maximum Gasteiger partial charge on any atom is 0.257 e. The van der Waals surface area contributed by atoms with Gasteiger partial charge in [-0.2, -0.15) is 0 Å². The molecule has 0 aliphatic carbocycles. The molecule has 0 saturated heterocycles. The Balaban J connectivity index is 1.69. The number of hydrogen-bond acceptors (Lipinski definition) is 4. The molecule has 1 N–H and O–H groups in total. The summed E-state index contributed by atoms with van der Waals surface area (Å²) in [6.45, 7) is 1.91. The number of nitrogens with one attached hydrogen (secondary N) is 1. The first-order valence-electron chi connectivity index (χ1n) is 8.09. The third kappa shape index (κ3) is 3.59. The highest BCUT2D eigenvalue weighted by molar-refractivity contribution is 9.10. The Morgan fingerprint density at radius 2 is 2.04 bits per heavy atom. The van der Waals surface area contributed by atoms with Gasteiger partial charge < -0.3 is 9.73 Å². The standard InChI is InChI=1S/C20H13BrClN3O2/c1-11-15(20-25-17-8-14(22)5-6-18(17)27-20)3-2-4-16(11)24-19(26)12-7-13(21)10-23-9-12/h2-10H,1H3,(H,24,26). The Morgan fingerprint density at radius 3 is 2.85 bits per heavy atom. The Kier molecular flexibility index (Phi) is 4.68. The number of pyridine rings is 1. The minimum absolute atomic E-state index is 0.242. The fraction of sp³-hybridized carbons (Fsp3) is 0.0500. The molecule has 0 fully saturated rings. The molecule has 2 aromatic carbocycles. The molecule has 0 aliphatic heterocycles. The van der Waals surface area contributed by atoms with Crippen molar-refractivity contribution in [2.45, 2.75) is 6.92 Å². The zero-order valence-electron chi connectivity index (χ0n) is 14.2. The Morgan fingerprint density at radius 1 is 1.19 bits per heavy atom. The van der Waals surface area contributed by atoms with Crippen LogP contribution < -0.4 is 5.32 Å². The molecule has 0 aliphatic rings. The molecule has 1 amide bonds. The number of amides is 1. The highest BCUT2D eigenvalue weighted by atomic mass is 79.9. The molecule has 0 unspecified atom stereocenters. The van der Waals surface area contributed by atoms with Crippen LogP contribution in [-0.4, -0.2) is 15.9 Å². The fourth-order valence-electron chi connectivity index (χ4n) is 2.75. The van der Waals surface area contributed by atoms with E-state index in [0.29, 0.717) is 33.3 Å². The van der Waals surface area contributed by atoms with Gasteiger partial charge in [0.2, 0.25) is 5.89 Å². The summed E-state index contributed by atoms with van der Waals surface area (Å²) in [5, 5.41) is 3.52. The molecular formula is C20H13BrClN3O2. The van der Waals surface area contributed by atoms with Crippen LogP contribution >= 0.6 is 27.5 Å². The highest BCUT2D eigenvalue weighted by Crippen LogP contribution is 2.31. The second-order valence-electron chi connectivity index (χ2n) is 5.96. The van der Waals surface area contributed by atoms with Crippen LogP contribution in [0.5, 0.6) is 0 Å². The van der Waals surface area contributed by atoms with Crippen molar-refractivity contribution in [3.8, 4) is 11.5 Å². The molecule has 134 valence electrons. The molecular weight excluding hydrogens is 430 g/mol. The second-order valence-corrected chi connectivity index (χ2v) is 7.31. The SMILES string of the molecule is Cc1c(NC(=O)c2cncc(Br)c2)cccc1-c1nc2cc(Cl)ccc2o1. The Hall–Kier alpha value is -2.70. The summed E-state index contributed by atoms with van der Waals surface area (Å²) >= 11 is 9.34. The van der Waals surface area contributed by atoms with Gasteiger partial charge in [0, 0.05) is 33.1 Å². The third-order valence-electron chi connectivity index (χ3n) is 4.13. The second kappa shape index (κ2) is 7.13. The molecule has 5 nitrogen and oxygen atoms in total. The number of nitrogens with zero attached hydrogens (tertiary/aromatic N) is 2. The van der Waals surface area contributed by atoms with Gasteiger partial charge in [0.25, 0.3) is 5.91 Å². The zero-order valence-corrected chi connectivity index (χ0v) is 16.5. The van der Waals surface area contributed by atoms with Gasteiger partial charge in [-0.1, -0.05) is 17.7 Å². The molecule has 2 heterocycles. The molecule has 2 aromatic heterocycles. The van der Waals surface area contributed by atoms with Crippen molar-refractivity contribution in [2.75, 3.05) is 5.32 Å². The number of oxazole rings is 1. The van der Waals surface area contributed by atoms with E-state index in [1.54, 1.807) is 30.5 Å². The zero-order chi connectivity index (χ0) is 19.0. The van der Waals surface area contributed by atoms with E-state index in [0.717, 1.165) is 15.6 Å². The predicted molar refractivity (Wildman–Crippen MR) is 109 cm³/mol. The smallest absolute Gasteiger partial charge is 0.257 e. The maximum atomic E-state index is 12.5. The largest absolute Gasteiger partial charge is 0.436 e. The summed E-state index contributed by atoms with van der Waals surface area (Å²) in [6.07, 6.45) is 3.14.